The summed E-state index contributed by atoms with van der Waals surface area (Å²) >= 11 is 5.29. The topological polar surface area (TPSA) is 70.7 Å². The molecule has 0 unspecified atom stereocenters. The molecule has 144 valence electrons. The van der Waals surface area contributed by atoms with E-state index in [4.69, 9.17) is 12.2 Å². The number of esters is 1. The lowest BCUT2D eigenvalue weighted by atomic mass is 10.1. The predicted molar refractivity (Wildman–Crippen MR) is 108 cm³/mol. The second kappa shape index (κ2) is 12.2. The highest BCUT2D eigenvalue weighted by molar-refractivity contribution is 7.80. The van der Waals surface area contributed by atoms with Crippen LogP contribution in [0.5, 0.6) is 0 Å². The van der Waals surface area contributed by atoms with Crippen molar-refractivity contribution in [2.45, 2.75) is 39.5 Å². The molecule has 1 aromatic rings. The van der Waals surface area contributed by atoms with Crippen molar-refractivity contribution < 1.29 is 14.3 Å². The van der Waals surface area contributed by atoms with Crippen LogP contribution < -0.4 is 10.6 Å². The number of carbonyl (C=O) groups excluding carboxylic acids is 2. The number of rotatable bonds is 10. The largest absolute Gasteiger partial charge is 0.469 e. The van der Waals surface area contributed by atoms with Crippen molar-refractivity contribution >= 4 is 34.9 Å². The highest BCUT2D eigenvalue weighted by Crippen LogP contribution is 2.13. The monoisotopic (exact) mass is 379 g/mol. The first-order valence-corrected chi connectivity index (χ1v) is 9.43. The minimum atomic E-state index is -0.172. The Bertz CT molecular complexity index is 603. The highest BCUT2D eigenvalue weighted by Gasteiger charge is 2.12. The number of ether oxygens (including phenoxy) is 1. The van der Waals surface area contributed by atoms with Gasteiger partial charge in [0.25, 0.3) is 5.91 Å². The fourth-order valence-electron chi connectivity index (χ4n) is 2.47. The van der Waals surface area contributed by atoms with E-state index in [1.165, 1.54) is 7.11 Å². The van der Waals surface area contributed by atoms with Crippen LogP contribution in [-0.4, -0.2) is 48.6 Å². The molecule has 0 bridgehead atoms. The number of methoxy groups -OCH3 is 1. The molecule has 0 aliphatic rings. The summed E-state index contributed by atoms with van der Waals surface area (Å²) < 4.78 is 4.60. The Hall–Kier alpha value is -2.15. The quantitative estimate of drug-likeness (QED) is 0.370. The summed E-state index contributed by atoms with van der Waals surface area (Å²) in [5, 5.41) is 6.76. The van der Waals surface area contributed by atoms with Gasteiger partial charge in [-0.05, 0) is 57.1 Å². The molecule has 0 spiro atoms. The van der Waals surface area contributed by atoms with Crippen molar-refractivity contribution in [1.82, 2.24) is 10.2 Å². The Kier molecular flexibility index (Phi) is 10.3. The molecule has 0 aliphatic carbocycles. The van der Waals surface area contributed by atoms with Crippen LogP contribution in [0.1, 0.15) is 49.9 Å². The van der Waals surface area contributed by atoms with Gasteiger partial charge in [-0.3, -0.25) is 9.59 Å². The molecule has 0 saturated carbocycles. The van der Waals surface area contributed by atoms with Gasteiger partial charge in [0.2, 0.25) is 0 Å². The molecule has 2 N–H and O–H groups in total. The van der Waals surface area contributed by atoms with E-state index >= 15 is 0 Å². The van der Waals surface area contributed by atoms with Gasteiger partial charge >= 0.3 is 5.97 Å². The molecule has 26 heavy (non-hydrogen) atoms. The van der Waals surface area contributed by atoms with E-state index in [1.54, 1.807) is 4.90 Å². The first-order chi connectivity index (χ1) is 12.5. The molecule has 6 nitrogen and oxygen atoms in total. The lowest BCUT2D eigenvalue weighted by Crippen LogP contribution is -2.31. The van der Waals surface area contributed by atoms with Crippen LogP contribution in [-0.2, 0) is 9.53 Å². The van der Waals surface area contributed by atoms with Crippen molar-refractivity contribution in [2.75, 3.05) is 32.1 Å². The maximum atomic E-state index is 12.4. The van der Waals surface area contributed by atoms with Crippen molar-refractivity contribution in [1.29, 1.82) is 0 Å². The van der Waals surface area contributed by atoms with Crippen molar-refractivity contribution in [2.24, 2.45) is 0 Å². The molecule has 1 rings (SSSR count). The van der Waals surface area contributed by atoms with E-state index in [-0.39, 0.29) is 11.9 Å². The number of unbranched alkanes of at least 4 members (excludes halogenated alkanes) is 2. The first kappa shape index (κ1) is 21.9. The summed E-state index contributed by atoms with van der Waals surface area (Å²) in [6.07, 6.45) is 3.11. The molecule has 1 aromatic carbocycles. The van der Waals surface area contributed by atoms with Crippen molar-refractivity contribution in [3.8, 4) is 0 Å². The van der Waals surface area contributed by atoms with Crippen molar-refractivity contribution in [3.05, 3.63) is 29.8 Å². The maximum absolute atomic E-state index is 12.4. The van der Waals surface area contributed by atoms with Gasteiger partial charge in [-0.25, -0.2) is 0 Å². The zero-order chi connectivity index (χ0) is 19.4. The number of carbonyl (C=O) groups is 2. The lowest BCUT2D eigenvalue weighted by Gasteiger charge is -2.19. The highest BCUT2D eigenvalue weighted by atomic mass is 32.1. The van der Waals surface area contributed by atoms with Crippen molar-refractivity contribution in [3.63, 3.8) is 0 Å². The Morgan fingerprint density at radius 1 is 1.15 bits per heavy atom. The molecule has 0 heterocycles. The summed E-state index contributed by atoms with van der Waals surface area (Å²) in [5.41, 5.74) is 1.43. The van der Waals surface area contributed by atoms with Crippen LogP contribution in [0.3, 0.4) is 0 Å². The Morgan fingerprint density at radius 2 is 1.88 bits per heavy atom. The van der Waals surface area contributed by atoms with Gasteiger partial charge < -0.3 is 20.3 Å². The number of anilines is 1. The van der Waals surface area contributed by atoms with E-state index < -0.39 is 0 Å². The number of hydrogen-bond donors (Lipinski definition) is 2. The van der Waals surface area contributed by atoms with E-state index in [0.717, 1.165) is 31.5 Å². The molecule has 0 aliphatic heterocycles. The average molecular weight is 380 g/mol. The fourth-order valence-corrected chi connectivity index (χ4v) is 2.69. The first-order valence-electron chi connectivity index (χ1n) is 9.02. The second-order valence-corrected chi connectivity index (χ2v) is 6.23. The third-order valence-corrected chi connectivity index (χ3v) is 4.24. The van der Waals surface area contributed by atoms with Crippen LogP contribution in [0, 0.1) is 0 Å². The molecule has 0 saturated heterocycles. The van der Waals surface area contributed by atoms with Crippen LogP contribution >= 0.6 is 12.2 Å². The number of nitrogens with zero attached hydrogens (tertiary/aromatic N) is 1. The summed E-state index contributed by atoms with van der Waals surface area (Å²) in [6.45, 7) is 6.03. The maximum Gasteiger partial charge on any atom is 0.305 e. The van der Waals surface area contributed by atoms with Gasteiger partial charge in [-0.2, -0.15) is 0 Å². The number of nitrogens with one attached hydrogen (secondary N) is 2. The summed E-state index contributed by atoms with van der Waals surface area (Å²) in [5.74, 6) is -0.155. The van der Waals surface area contributed by atoms with Gasteiger partial charge in [-0.1, -0.05) is 12.5 Å². The number of hydrogen-bond acceptors (Lipinski definition) is 4. The van der Waals surface area contributed by atoms with E-state index in [9.17, 15) is 9.59 Å². The Morgan fingerprint density at radius 3 is 2.54 bits per heavy atom. The van der Waals surface area contributed by atoms with Gasteiger partial charge in [0.05, 0.1) is 7.11 Å². The normalized spacial score (nSPS) is 10.1. The number of thiocarbonyl (C=S) groups is 1. The van der Waals surface area contributed by atoms with Gasteiger partial charge in [0, 0.05) is 37.3 Å². The van der Waals surface area contributed by atoms with Crippen LogP contribution in [0.25, 0.3) is 0 Å². The summed E-state index contributed by atoms with van der Waals surface area (Å²) in [7, 11) is 1.40. The fraction of sp³-hybridized carbons (Fsp3) is 0.526. The third-order valence-electron chi connectivity index (χ3n) is 3.99. The van der Waals surface area contributed by atoms with E-state index in [1.807, 2.05) is 38.1 Å². The molecule has 7 heteroatoms. The zero-order valence-corrected chi connectivity index (χ0v) is 16.7. The van der Waals surface area contributed by atoms with Gasteiger partial charge in [0.15, 0.2) is 5.11 Å². The minimum Gasteiger partial charge on any atom is -0.469 e. The van der Waals surface area contributed by atoms with Crippen LogP contribution in [0.2, 0.25) is 0 Å². The SMILES string of the molecule is CCN(CC)C(=O)c1cccc(NC(=S)NCCCCCC(=O)OC)c1. The molecule has 0 atom stereocenters. The van der Waals surface area contributed by atoms with Gasteiger partial charge in [-0.15, -0.1) is 0 Å². The minimum absolute atomic E-state index is 0.0168. The Labute approximate surface area is 161 Å². The standard InChI is InChI=1S/C19H29N3O3S/c1-4-22(5-2)18(24)15-10-9-11-16(14-15)21-19(26)20-13-8-6-7-12-17(23)25-3/h9-11,14H,4-8,12-13H2,1-3H3,(H2,20,21,26). The van der Waals surface area contributed by atoms with E-state index in [0.29, 0.717) is 30.2 Å². The molecule has 0 radical (unpaired) electrons. The number of benzene rings is 1. The lowest BCUT2D eigenvalue weighted by molar-refractivity contribution is -0.140. The smallest absolute Gasteiger partial charge is 0.305 e. The average Bonchev–Trinajstić information content (AvgIpc) is 2.65. The summed E-state index contributed by atoms with van der Waals surface area (Å²) in [6, 6.07) is 7.34. The predicted octanol–water partition coefficient (Wildman–Crippen LogP) is 3.19. The molecule has 0 aromatic heterocycles. The molecule has 0 fully saturated rings. The molecular weight excluding hydrogens is 350 g/mol. The van der Waals surface area contributed by atoms with Gasteiger partial charge in [0.1, 0.15) is 0 Å². The zero-order valence-electron chi connectivity index (χ0n) is 15.8. The Balaban J connectivity index is 2.39. The van der Waals surface area contributed by atoms with Crippen LogP contribution in [0.15, 0.2) is 24.3 Å². The van der Waals surface area contributed by atoms with E-state index in [2.05, 4.69) is 15.4 Å². The number of amides is 1. The summed E-state index contributed by atoms with van der Waals surface area (Å²) in [4.78, 5) is 25.2. The third kappa shape index (κ3) is 7.82. The van der Waals surface area contributed by atoms with Crippen LogP contribution in [0.4, 0.5) is 5.69 Å². The molecule has 1 amide bonds. The molecular formula is C19H29N3O3S. The second-order valence-electron chi connectivity index (χ2n) is 5.83.